The maximum atomic E-state index is 12.7. The van der Waals surface area contributed by atoms with Gasteiger partial charge >= 0.3 is 6.18 Å². The van der Waals surface area contributed by atoms with E-state index in [1.165, 1.54) is 0 Å². The van der Waals surface area contributed by atoms with Gasteiger partial charge in [-0.3, -0.25) is 4.79 Å². The van der Waals surface area contributed by atoms with E-state index in [1.807, 2.05) is 31.1 Å². The van der Waals surface area contributed by atoms with E-state index in [9.17, 15) is 18.0 Å². The fourth-order valence-electron chi connectivity index (χ4n) is 2.46. The monoisotopic (exact) mass is 314 g/mol. The molecule has 1 aromatic carbocycles. The lowest BCUT2D eigenvalue weighted by Gasteiger charge is -2.32. The number of nitrogens with zero attached hydrogens (tertiary/aromatic N) is 2. The van der Waals surface area contributed by atoms with Gasteiger partial charge in [0.25, 0.3) is 0 Å². The molecule has 0 saturated heterocycles. The first kappa shape index (κ1) is 16.6. The van der Waals surface area contributed by atoms with E-state index >= 15 is 0 Å². The minimum atomic E-state index is -4.37. The second-order valence-corrected chi connectivity index (χ2v) is 6.00. The average Bonchev–Trinajstić information content (AvgIpc) is 2.34. The summed E-state index contributed by atoms with van der Waals surface area (Å²) >= 11 is 0. The van der Waals surface area contributed by atoms with Crippen molar-refractivity contribution in [1.29, 1.82) is 0 Å². The number of benzene rings is 1. The van der Waals surface area contributed by atoms with Crippen LogP contribution in [0.5, 0.6) is 0 Å². The molecular formula is C16H21F3N2O. The Morgan fingerprint density at radius 1 is 1.18 bits per heavy atom. The van der Waals surface area contributed by atoms with Crippen LogP contribution in [0, 0.1) is 5.92 Å². The van der Waals surface area contributed by atoms with Gasteiger partial charge in [0, 0.05) is 32.2 Å². The van der Waals surface area contributed by atoms with Crippen molar-refractivity contribution < 1.29 is 18.0 Å². The Morgan fingerprint density at radius 3 is 2.18 bits per heavy atom. The Labute approximate surface area is 128 Å². The molecule has 0 atom stereocenters. The molecule has 0 aromatic heterocycles. The third kappa shape index (κ3) is 4.39. The van der Waals surface area contributed by atoms with Gasteiger partial charge in [-0.25, -0.2) is 0 Å². The average molecular weight is 314 g/mol. The van der Waals surface area contributed by atoms with E-state index in [4.69, 9.17) is 0 Å². The molecule has 1 aromatic rings. The summed E-state index contributed by atoms with van der Waals surface area (Å²) in [6.45, 7) is -1.18. The highest BCUT2D eigenvalue weighted by Crippen LogP contribution is 2.30. The van der Waals surface area contributed by atoms with Crippen LogP contribution in [0.25, 0.3) is 0 Å². The van der Waals surface area contributed by atoms with E-state index in [1.54, 1.807) is 12.1 Å². The number of hydrogen-bond acceptors (Lipinski definition) is 2. The molecule has 0 radical (unpaired) electrons. The van der Waals surface area contributed by atoms with Gasteiger partial charge in [0.1, 0.15) is 6.54 Å². The summed E-state index contributed by atoms with van der Waals surface area (Å²) in [5.74, 6) is -0.608. The van der Waals surface area contributed by atoms with Crippen molar-refractivity contribution in [2.24, 2.45) is 5.92 Å². The van der Waals surface area contributed by atoms with Gasteiger partial charge in [0.2, 0.25) is 5.91 Å². The van der Waals surface area contributed by atoms with Crippen LogP contribution in [-0.2, 0) is 11.3 Å². The summed E-state index contributed by atoms with van der Waals surface area (Å²) in [7, 11) is 3.79. The third-order valence-corrected chi connectivity index (χ3v) is 3.96. The number of alkyl halides is 3. The lowest BCUT2D eigenvalue weighted by molar-refractivity contribution is -0.166. The molecule has 0 aliphatic heterocycles. The highest BCUT2D eigenvalue weighted by Gasteiger charge is 2.37. The van der Waals surface area contributed by atoms with Gasteiger partial charge in [-0.05, 0) is 30.5 Å². The number of amides is 1. The van der Waals surface area contributed by atoms with Crippen LogP contribution in [0.15, 0.2) is 24.3 Å². The van der Waals surface area contributed by atoms with Gasteiger partial charge in [-0.1, -0.05) is 18.6 Å². The molecule has 0 N–H and O–H groups in total. The van der Waals surface area contributed by atoms with E-state index in [0.29, 0.717) is 18.4 Å². The predicted octanol–water partition coefficient (Wildman–Crippen LogP) is 3.44. The molecule has 22 heavy (non-hydrogen) atoms. The number of anilines is 1. The van der Waals surface area contributed by atoms with Crippen molar-refractivity contribution in [3.8, 4) is 0 Å². The third-order valence-electron chi connectivity index (χ3n) is 3.96. The summed E-state index contributed by atoms with van der Waals surface area (Å²) < 4.78 is 38.2. The molecule has 1 amide bonds. The molecule has 1 saturated carbocycles. The maximum Gasteiger partial charge on any atom is 0.406 e. The van der Waals surface area contributed by atoms with Crippen LogP contribution in [0.3, 0.4) is 0 Å². The molecule has 1 aliphatic rings. The zero-order valence-corrected chi connectivity index (χ0v) is 12.9. The number of hydrogen-bond donors (Lipinski definition) is 0. The van der Waals surface area contributed by atoms with Crippen molar-refractivity contribution in [3.63, 3.8) is 0 Å². The Morgan fingerprint density at radius 2 is 1.77 bits per heavy atom. The Hall–Kier alpha value is -1.72. The van der Waals surface area contributed by atoms with Gasteiger partial charge in [-0.15, -0.1) is 0 Å². The van der Waals surface area contributed by atoms with Gasteiger partial charge < -0.3 is 9.80 Å². The number of carbonyl (C=O) groups excluding carboxylic acids is 1. The topological polar surface area (TPSA) is 23.6 Å². The Kier molecular flexibility index (Phi) is 4.98. The highest BCUT2D eigenvalue weighted by atomic mass is 19.4. The lowest BCUT2D eigenvalue weighted by Crippen LogP contribution is -2.43. The van der Waals surface area contributed by atoms with Crippen molar-refractivity contribution in [3.05, 3.63) is 29.8 Å². The smallest absolute Gasteiger partial charge is 0.378 e. The molecule has 2 rings (SSSR count). The quantitative estimate of drug-likeness (QED) is 0.831. The first-order chi connectivity index (χ1) is 10.3. The second-order valence-electron chi connectivity index (χ2n) is 6.00. The van der Waals surface area contributed by atoms with E-state index in [-0.39, 0.29) is 18.4 Å². The molecule has 1 aliphatic carbocycles. The zero-order valence-electron chi connectivity index (χ0n) is 12.9. The molecule has 0 spiro atoms. The van der Waals surface area contributed by atoms with Crippen LogP contribution >= 0.6 is 0 Å². The summed E-state index contributed by atoms with van der Waals surface area (Å²) in [5, 5.41) is 0. The molecule has 1 fully saturated rings. The first-order valence-corrected chi connectivity index (χ1v) is 7.38. The van der Waals surface area contributed by atoms with Crippen LogP contribution in [0.4, 0.5) is 18.9 Å². The zero-order chi connectivity index (χ0) is 16.3. The first-order valence-electron chi connectivity index (χ1n) is 7.38. The largest absolute Gasteiger partial charge is 0.406 e. The van der Waals surface area contributed by atoms with Crippen LogP contribution < -0.4 is 4.90 Å². The van der Waals surface area contributed by atoms with Crippen molar-refractivity contribution in [2.45, 2.75) is 32.0 Å². The molecule has 122 valence electrons. The summed E-state index contributed by atoms with van der Waals surface area (Å²) in [4.78, 5) is 15.1. The molecular weight excluding hydrogens is 293 g/mol. The second kappa shape index (κ2) is 6.58. The van der Waals surface area contributed by atoms with E-state index < -0.39 is 12.7 Å². The minimum absolute atomic E-state index is 0.00253. The molecule has 0 bridgehead atoms. The van der Waals surface area contributed by atoms with Crippen molar-refractivity contribution in [2.75, 3.05) is 25.5 Å². The predicted molar refractivity (Wildman–Crippen MR) is 79.6 cm³/mol. The van der Waals surface area contributed by atoms with Gasteiger partial charge in [-0.2, -0.15) is 13.2 Å². The Balaban J connectivity index is 2.09. The standard InChI is InChI=1S/C16H21F3N2O/c1-20(2)14-8-6-12(7-9-14)10-21(11-16(17,18)19)15(22)13-4-3-5-13/h6-9,13H,3-5,10-11H2,1-2H3. The molecule has 3 nitrogen and oxygen atoms in total. The van der Waals surface area contributed by atoms with Crippen molar-refractivity contribution in [1.82, 2.24) is 4.90 Å². The number of carbonyl (C=O) groups is 1. The lowest BCUT2D eigenvalue weighted by atomic mass is 9.84. The number of rotatable bonds is 5. The fourth-order valence-corrected chi connectivity index (χ4v) is 2.46. The SMILES string of the molecule is CN(C)c1ccc(CN(CC(F)(F)F)C(=O)C2CCC2)cc1. The van der Waals surface area contributed by atoms with Crippen LogP contribution in [0.2, 0.25) is 0 Å². The Bertz CT molecular complexity index is 507. The van der Waals surface area contributed by atoms with Gasteiger partial charge in [0.15, 0.2) is 0 Å². The number of halogens is 3. The summed E-state index contributed by atoms with van der Waals surface area (Å²) in [6, 6.07) is 7.23. The van der Waals surface area contributed by atoms with E-state index in [0.717, 1.165) is 17.0 Å². The maximum absolute atomic E-state index is 12.7. The fraction of sp³-hybridized carbons (Fsp3) is 0.562. The van der Waals surface area contributed by atoms with Crippen LogP contribution in [0.1, 0.15) is 24.8 Å². The molecule has 0 unspecified atom stereocenters. The minimum Gasteiger partial charge on any atom is -0.378 e. The van der Waals surface area contributed by atoms with Gasteiger partial charge in [0.05, 0.1) is 0 Å². The highest BCUT2D eigenvalue weighted by molar-refractivity contribution is 5.79. The van der Waals surface area contributed by atoms with Crippen molar-refractivity contribution >= 4 is 11.6 Å². The molecule has 0 heterocycles. The van der Waals surface area contributed by atoms with Crippen LogP contribution in [-0.4, -0.2) is 37.6 Å². The normalized spacial score (nSPS) is 15.3. The summed E-state index contributed by atoms with van der Waals surface area (Å²) in [5.41, 5.74) is 1.68. The summed E-state index contributed by atoms with van der Waals surface area (Å²) in [6.07, 6.45) is -2.05. The molecule has 6 heteroatoms. The van der Waals surface area contributed by atoms with E-state index in [2.05, 4.69) is 0 Å².